The highest BCUT2D eigenvalue weighted by atomic mass is 35.5. The standard InChI is InChI=1S/C16H14ClN3O3S/c1-2-20-15(10-3-5-11(17)6-4-10)18-19-16(20)24-9-12-7-13(21)14(22)8-23-12/h3-8,22H,2,9H2,1H3. The summed E-state index contributed by atoms with van der Waals surface area (Å²) in [4.78, 5) is 11.4. The summed E-state index contributed by atoms with van der Waals surface area (Å²) in [6, 6.07) is 8.68. The fourth-order valence-corrected chi connectivity index (χ4v) is 3.17. The van der Waals surface area contributed by atoms with Gasteiger partial charge >= 0.3 is 0 Å². The Morgan fingerprint density at radius 2 is 2.04 bits per heavy atom. The summed E-state index contributed by atoms with van der Waals surface area (Å²) < 4.78 is 7.17. The van der Waals surface area contributed by atoms with E-state index in [1.807, 2.05) is 35.8 Å². The van der Waals surface area contributed by atoms with Crippen LogP contribution in [0.2, 0.25) is 5.02 Å². The number of rotatable bonds is 5. The van der Waals surface area contributed by atoms with Crippen molar-refractivity contribution in [3.8, 4) is 17.1 Å². The van der Waals surface area contributed by atoms with Crippen molar-refractivity contribution in [1.82, 2.24) is 14.8 Å². The van der Waals surface area contributed by atoms with Crippen LogP contribution in [0.25, 0.3) is 11.4 Å². The molecular weight excluding hydrogens is 350 g/mol. The lowest BCUT2D eigenvalue weighted by Crippen LogP contribution is -2.01. The lowest BCUT2D eigenvalue weighted by molar-refractivity contribution is 0.419. The first kappa shape index (κ1) is 16.6. The number of hydrogen-bond donors (Lipinski definition) is 1. The molecule has 1 N–H and O–H groups in total. The summed E-state index contributed by atoms with van der Waals surface area (Å²) in [5.74, 6) is 1.23. The van der Waals surface area contributed by atoms with Crippen LogP contribution in [0.4, 0.5) is 0 Å². The third-order valence-electron chi connectivity index (χ3n) is 3.35. The zero-order valence-electron chi connectivity index (χ0n) is 12.8. The zero-order chi connectivity index (χ0) is 17.1. The van der Waals surface area contributed by atoms with Gasteiger partial charge in [0.2, 0.25) is 5.43 Å². The molecule has 124 valence electrons. The first-order valence-electron chi connectivity index (χ1n) is 7.21. The van der Waals surface area contributed by atoms with E-state index in [0.29, 0.717) is 23.1 Å². The van der Waals surface area contributed by atoms with E-state index in [-0.39, 0.29) is 0 Å². The molecule has 0 radical (unpaired) electrons. The van der Waals surface area contributed by atoms with Gasteiger partial charge in [-0.3, -0.25) is 4.79 Å². The van der Waals surface area contributed by atoms with E-state index < -0.39 is 11.2 Å². The lowest BCUT2D eigenvalue weighted by Gasteiger charge is -2.07. The first-order chi connectivity index (χ1) is 11.6. The minimum atomic E-state index is -0.462. The number of benzene rings is 1. The van der Waals surface area contributed by atoms with Gasteiger partial charge in [0.25, 0.3) is 0 Å². The third kappa shape index (κ3) is 3.47. The second-order valence-electron chi connectivity index (χ2n) is 4.94. The topological polar surface area (TPSA) is 81.2 Å². The fourth-order valence-electron chi connectivity index (χ4n) is 2.15. The van der Waals surface area contributed by atoms with Gasteiger partial charge in [0.15, 0.2) is 16.7 Å². The first-order valence-corrected chi connectivity index (χ1v) is 8.57. The number of hydrogen-bond acceptors (Lipinski definition) is 6. The highest BCUT2D eigenvalue weighted by Gasteiger charge is 2.14. The minimum absolute atomic E-state index is 0.398. The highest BCUT2D eigenvalue weighted by molar-refractivity contribution is 7.98. The van der Waals surface area contributed by atoms with Crippen LogP contribution < -0.4 is 5.43 Å². The van der Waals surface area contributed by atoms with E-state index in [1.165, 1.54) is 17.8 Å². The fraction of sp³-hybridized carbons (Fsp3) is 0.188. The third-order valence-corrected chi connectivity index (χ3v) is 4.59. The van der Waals surface area contributed by atoms with Gasteiger partial charge in [0.1, 0.15) is 12.0 Å². The van der Waals surface area contributed by atoms with Crippen LogP contribution in [0.1, 0.15) is 12.7 Å². The number of halogens is 1. The summed E-state index contributed by atoms with van der Waals surface area (Å²) >= 11 is 7.33. The van der Waals surface area contributed by atoms with Gasteiger partial charge in [-0.1, -0.05) is 23.4 Å². The summed E-state index contributed by atoms with van der Waals surface area (Å²) in [5.41, 5.74) is 0.465. The monoisotopic (exact) mass is 363 g/mol. The Kier molecular flexibility index (Phi) is 4.92. The molecule has 0 aliphatic rings. The maximum Gasteiger partial charge on any atom is 0.226 e. The molecule has 0 fully saturated rings. The number of aromatic hydroxyl groups is 1. The molecule has 0 bridgehead atoms. The predicted molar refractivity (Wildman–Crippen MR) is 92.3 cm³/mol. The molecule has 0 saturated carbocycles. The zero-order valence-corrected chi connectivity index (χ0v) is 14.3. The van der Waals surface area contributed by atoms with Crippen LogP contribution in [0.15, 0.2) is 51.0 Å². The Labute approximate surface area is 147 Å². The van der Waals surface area contributed by atoms with Gasteiger partial charge in [-0.05, 0) is 31.2 Å². The molecule has 8 heteroatoms. The van der Waals surface area contributed by atoms with Gasteiger partial charge in [-0.2, -0.15) is 0 Å². The van der Waals surface area contributed by atoms with Gasteiger partial charge in [0, 0.05) is 23.2 Å². The molecule has 2 aromatic heterocycles. The molecule has 3 rings (SSSR count). The Morgan fingerprint density at radius 3 is 2.71 bits per heavy atom. The van der Waals surface area contributed by atoms with E-state index in [2.05, 4.69) is 10.2 Å². The molecule has 3 aromatic rings. The molecule has 0 aliphatic heterocycles. The van der Waals surface area contributed by atoms with Crippen molar-refractivity contribution in [2.24, 2.45) is 0 Å². The Balaban J connectivity index is 1.82. The van der Waals surface area contributed by atoms with Crippen molar-refractivity contribution in [2.45, 2.75) is 24.4 Å². The van der Waals surface area contributed by atoms with Crippen LogP contribution in [0, 0.1) is 0 Å². The van der Waals surface area contributed by atoms with Crippen molar-refractivity contribution in [1.29, 1.82) is 0 Å². The quantitative estimate of drug-likeness (QED) is 0.698. The number of thioether (sulfide) groups is 1. The largest absolute Gasteiger partial charge is 0.502 e. The van der Waals surface area contributed by atoms with Gasteiger partial charge in [-0.25, -0.2) is 0 Å². The Bertz CT molecular complexity index is 906. The van der Waals surface area contributed by atoms with E-state index in [1.54, 1.807) is 0 Å². The van der Waals surface area contributed by atoms with Crippen molar-refractivity contribution in [3.05, 3.63) is 57.6 Å². The second kappa shape index (κ2) is 7.11. The predicted octanol–water partition coefficient (Wildman–Crippen LogP) is 3.57. The molecule has 24 heavy (non-hydrogen) atoms. The SMILES string of the molecule is CCn1c(SCc2cc(=O)c(O)co2)nnc1-c1ccc(Cl)cc1. The van der Waals surface area contributed by atoms with Gasteiger partial charge < -0.3 is 14.1 Å². The van der Waals surface area contributed by atoms with Gasteiger partial charge in [-0.15, -0.1) is 10.2 Å². The van der Waals surface area contributed by atoms with E-state index >= 15 is 0 Å². The summed E-state index contributed by atoms with van der Waals surface area (Å²) in [5, 5.41) is 19.1. The summed E-state index contributed by atoms with van der Waals surface area (Å²) in [7, 11) is 0. The molecule has 0 aliphatic carbocycles. The molecule has 1 aromatic carbocycles. The molecule has 0 atom stereocenters. The normalized spacial score (nSPS) is 10.9. The maximum absolute atomic E-state index is 11.4. The smallest absolute Gasteiger partial charge is 0.226 e. The Morgan fingerprint density at radius 1 is 1.29 bits per heavy atom. The van der Waals surface area contributed by atoms with Crippen LogP contribution in [-0.2, 0) is 12.3 Å². The van der Waals surface area contributed by atoms with Crippen LogP contribution >= 0.6 is 23.4 Å². The minimum Gasteiger partial charge on any atom is -0.502 e. The molecule has 6 nitrogen and oxygen atoms in total. The van der Waals surface area contributed by atoms with Gasteiger partial charge in [0.05, 0.1) is 5.75 Å². The average Bonchev–Trinajstić information content (AvgIpc) is 2.99. The van der Waals surface area contributed by atoms with Crippen LogP contribution in [0.5, 0.6) is 5.75 Å². The molecule has 2 heterocycles. The van der Waals surface area contributed by atoms with Crippen LogP contribution in [0.3, 0.4) is 0 Å². The molecule has 0 amide bonds. The average molecular weight is 364 g/mol. The van der Waals surface area contributed by atoms with Crippen molar-refractivity contribution in [2.75, 3.05) is 0 Å². The molecular formula is C16H14ClN3O3S. The highest BCUT2D eigenvalue weighted by Crippen LogP contribution is 2.27. The van der Waals surface area contributed by atoms with Crippen molar-refractivity contribution < 1.29 is 9.52 Å². The van der Waals surface area contributed by atoms with E-state index in [9.17, 15) is 9.90 Å². The van der Waals surface area contributed by atoms with Crippen LogP contribution in [-0.4, -0.2) is 19.9 Å². The summed E-state index contributed by atoms with van der Waals surface area (Å²) in [6.07, 6.45) is 1.04. The molecule has 0 spiro atoms. The lowest BCUT2D eigenvalue weighted by atomic mass is 10.2. The molecule has 0 unspecified atom stereocenters. The van der Waals surface area contributed by atoms with Crippen molar-refractivity contribution >= 4 is 23.4 Å². The number of aromatic nitrogens is 3. The maximum atomic E-state index is 11.4. The van der Waals surface area contributed by atoms with Crippen molar-refractivity contribution in [3.63, 3.8) is 0 Å². The van der Waals surface area contributed by atoms with E-state index in [4.69, 9.17) is 16.0 Å². The molecule has 0 saturated heterocycles. The number of nitrogens with zero attached hydrogens (tertiary/aromatic N) is 3. The summed E-state index contributed by atoms with van der Waals surface area (Å²) in [6.45, 7) is 2.71. The second-order valence-corrected chi connectivity index (χ2v) is 6.32. The van der Waals surface area contributed by atoms with E-state index in [0.717, 1.165) is 22.8 Å². The Hall–Kier alpha value is -2.25.